The van der Waals surface area contributed by atoms with Gasteiger partial charge in [-0.25, -0.2) is 0 Å². The predicted octanol–water partition coefficient (Wildman–Crippen LogP) is 5.16. The van der Waals surface area contributed by atoms with E-state index in [9.17, 15) is 19.5 Å². The molecule has 8 atom stereocenters. The van der Waals surface area contributed by atoms with E-state index in [-0.39, 0.29) is 41.7 Å². The lowest BCUT2D eigenvalue weighted by molar-refractivity contribution is -0.152. The summed E-state index contributed by atoms with van der Waals surface area (Å²) in [5.74, 6) is -1.94. The second-order valence-corrected chi connectivity index (χ2v) is 14.2. The van der Waals surface area contributed by atoms with E-state index in [2.05, 4.69) is 36.0 Å². The number of anilines is 1. The van der Waals surface area contributed by atoms with Crippen molar-refractivity contribution in [3.63, 3.8) is 0 Å². The number of carbonyl (C=O) groups excluding carboxylic acids is 3. The molecule has 3 heterocycles. The molecule has 2 aromatic rings. The van der Waals surface area contributed by atoms with Gasteiger partial charge in [-0.1, -0.05) is 71.8 Å². The summed E-state index contributed by atoms with van der Waals surface area (Å²) in [6.45, 7) is 14.5. The number of halogens is 1. The van der Waals surface area contributed by atoms with Gasteiger partial charge in [-0.15, -0.1) is 13.2 Å². The maximum absolute atomic E-state index is 14.9. The van der Waals surface area contributed by atoms with E-state index in [0.29, 0.717) is 37.4 Å². The minimum absolute atomic E-state index is 0.117. The van der Waals surface area contributed by atoms with E-state index in [1.54, 1.807) is 26.9 Å². The molecule has 2 bridgehead atoms. The molecule has 5 rings (SSSR count). The van der Waals surface area contributed by atoms with E-state index in [1.165, 1.54) is 0 Å². The highest BCUT2D eigenvalue weighted by Gasteiger charge is 2.77. The van der Waals surface area contributed by atoms with Crippen molar-refractivity contribution in [2.45, 2.75) is 81.1 Å². The third-order valence-electron chi connectivity index (χ3n) is 10.0. The van der Waals surface area contributed by atoms with E-state index < -0.39 is 35.6 Å². The van der Waals surface area contributed by atoms with Gasteiger partial charge in [0.05, 0.1) is 37.2 Å². The molecule has 0 aliphatic carbocycles. The first-order valence-corrected chi connectivity index (χ1v) is 17.9. The van der Waals surface area contributed by atoms with Crippen molar-refractivity contribution in [1.82, 2.24) is 9.80 Å². The molecule has 2 aromatic carbocycles. The number of alkyl halides is 1. The summed E-state index contributed by atoms with van der Waals surface area (Å²) >= 11 is 3.80. The largest absolute Gasteiger partial charge is 0.494 e. The monoisotopic (exact) mass is 721 g/mol. The van der Waals surface area contributed by atoms with Crippen LogP contribution in [-0.4, -0.2) is 93.6 Å². The molecule has 1 N–H and O–H groups in total. The Balaban J connectivity index is 1.60. The highest BCUT2D eigenvalue weighted by molar-refractivity contribution is 9.09. The molecule has 3 aliphatic rings. The maximum atomic E-state index is 14.9. The Morgan fingerprint density at radius 2 is 1.79 bits per heavy atom. The summed E-state index contributed by atoms with van der Waals surface area (Å²) in [5.41, 5.74) is 0.307. The smallest absolute Gasteiger partial charge is 0.248 e. The van der Waals surface area contributed by atoms with Crippen LogP contribution in [0.2, 0.25) is 0 Å². The molecule has 3 saturated heterocycles. The van der Waals surface area contributed by atoms with Gasteiger partial charge in [0.15, 0.2) is 0 Å². The van der Waals surface area contributed by atoms with Crippen LogP contribution in [0.5, 0.6) is 5.75 Å². The minimum atomic E-state index is -1.26. The van der Waals surface area contributed by atoms with Crippen LogP contribution in [0.3, 0.4) is 0 Å². The van der Waals surface area contributed by atoms with Crippen LogP contribution in [0.1, 0.15) is 45.6 Å². The average Bonchev–Trinajstić information content (AvgIpc) is 3.68. The van der Waals surface area contributed by atoms with Crippen LogP contribution in [0.25, 0.3) is 0 Å². The number of ether oxygens (including phenoxy) is 2. The standard InChI is InChI=1S/C38H48BrN3O6/c1-6-13-25(5)40(20-7-2)37(46)34-38-23-30(39)33(48-38)31(35(44)41(21-8-3)27-16-18-29(19-17-27)47-9-4)32(38)36(45)42(34)28(24-43)22-26-14-11-10-12-15-26/h7-8,10-12,14-19,25,28,30-34,43H,2-3,6,9,13,20-24H2,1,4-5H3/t25?,28-,30?,31+,32+,33+,34?,38?/m1/s1. The van der Waals surface area contributed by atoms with Crippen LogP contribution >= 0.6 is 15.9 Å². The van der Waals surface area contributed by atoms with Crippen molar-refractivity contribution in [2.24, 2.45) is 11.8 Å². The zero-order valence-electron chi connectivity index (χ0n) is 28.2. The number of benzene rings is 2. The van der Waals surface area contributed by atoms with Crippen LogP contribution in [0, 0.1) is 11.8 Å². The van der Waals surface area contributed by atoms with Crippen molar-refractivity contribution in [3.05, 3.63) is 85.5 Å². The number of hydrogen-bond donors (Lipinski definition) is 1. The molecule has 4 unspecified atom stereocenters. The third-order valence-corrected chi connectivity index (χ3v) is 10.9. The Kier molecular flexibility index (Phi) is 11.5. The molecule has 3 fully saturated rings. The lowest BCUT2D eigenvalue weighted by Crippen LogP contribution is -2.60. The van der Waals surface area contributed by atoms with Crippen LogP contribution in [0.4, 0.5) is 5.69 Å². The van der Waals surface area contributed by atoms with Gasteiger partial charge < -0.3 is 29.3 Å². The molecule has 48 heavy (non-hydrogen) atoms. The zero-order valence-corrected chi connectivity index (χ0v) is 29.8. The van der Waals surface area contributed by atoms with Gasteiger partial charge in [0, 0.05) is 29.6 Å². The summed E-state index contributed by atoms with van der Waals surface area (Å²) in [7, 11) is 0. The fourth-order valence-electron chi connectivity index (χ4n) is 8.04. The quantitative estimate of drug-likeness (QED) is 0.190. The molecule has 0 radical (unpaired) electrons. The molecule has 1 spiro atoms. The van der Waals surface area contributed by atoms with Gasteiger partial charge in [0.1, 0.15) is 17.4 Å². The number of nitrogens with zero attached hydrogens (tertiary/aromatic N) is 3. The first-order valence-electron chi connectivity index (χ1n) is 17.0. The predicted molar refractivity (Wildman–Crippen MR) is 190 cm³/mol. The average molecular weight is 723 g/mol. The van der Waals surface area contributed by atoms with Gasteiger partial charge in [-0.05, 0) is 62.9 Å². The number of hydrogen-bond acceptors (Lipinski definition) is 6. The Bertz CT molecular complexity index is 1470. The van der Waals surface area contributed by atoms with Crippen molar-refractivity contribution >= 4 is 39.3 Å². The number of fused-ring (bicyclic) bond motifs is 1. The summed E-state index contributed by atoms with van der Waals surface area (Å²) < 4.78 is 12.4. The highest BCUT2D eigenvalue weighted by atomic mass is 79.9. The molecular formula is C38H48BrN3O6. The lowest BCUT2D eigenvalue weighted by Gasteiger charge is -2.41. The topological polar surface area (TPSA) is 99.6 Å². The third kappa shape index (κ3) is 6.46. The first kappa shape index (κ1) is 35.8. The van der Waals surface area contributed by atoms with Gasteiger partial charge in [0.2, 0.25) is 17.7 Å². The lowest BCUT2D eigenvalue weighted by atomic mass is 9.70. The van der Waals surface area contributed by atoms with E-state index in [0.717, 1.165) is 18.4 Å². The van der Waals surface area contributed by atoms with E-state index in [1.807, 2.05) is 68.4 Å². The van der Waals surface area contributed by atoms with Crippen molar-refractivity contribution in [2.75, 3.05) is 31.2 Å². The number of aliphatic hydroxyl groups excluding tert-OH is 1. The zero-order chi connectivity index (χ0) is 34.6. The summed E-state index contributed by atoms with van der Waals surface area (Å²) in [6.07, 6.45) is 5.10. The number of likely N-dealkylation sites (tertiary alicyclic amines) is 1. The number of amides is 3. The Morgan fingerprint density at radius 1 is 1.10 bits per heavy atom. The van der Waals surface area contributed by atoms with Gasteiger partial charge in [-0.2, -0.15) is 0 Å². The summed E-state index contributed by atoms with van der Waals surface area (Å²) in [5, 5.41) is 10.8. The summed E-state index contributed by atoms with van der Waals surface area (Å²) in [6, 6.07) is 15.0. The molecular weight excluding hydrogens is 674 g/mol. The minimum Gasteiger partial charge on any atom is -0.494 e. The fourth-order valence-corrected chi connectivity index (χ4v) is 8.98. The second kappa shape index (κ2) is 15.4. The normalized spacial score (nSPS) is 26.9. The fraction of sp³-hybridized carbons (Fsp3) is 0.500. The van der Waals surface area contributed by atoms with Crippen molar-refractivity contribution in [1.29, 1.82) is 0 Å². The Labute approximate surface area is 292 Å². The van der Waals surface area contributed by atoms with Crippen LogP contribution in [0.15, 0.2) is 79.9 Å². The van der Waals surface area contributed by atoms with E-state index >= 15 is 0 Å². The van der Waals surface area contributed by atoms with Gasteiger partial charge in [-0.3, -0.25) is 14.4 Å². The molecule has 0 saturated carbocycles. The SMILES string of the molecule is C=CCN(C(=O)[C@H]1[C@H]2C(=O)N([C@@H](CO)Cc3ccccc3)C(C(=O)N(CC=C)C(C)CCC)C23CC(Br)[C@@H]1O3)c1ccc(OCC)cc1. The molecule has 0 aromatic heterocycles. The Morgan fingerprint density at radius 3 is 2.40 bits per heavy atom. The Hall–Kier alpha value is -3.47. The molecule has 258 valence electrons. The summed E-state index contributed by atoms with van der Waals surface area (Å²) in [4.78, 5) is 49.3. The molecule has 10 heteroatoms. The van der Waals surface area contributed by atoms with Gasteiger partial charge >= 0.3 is 0 Å². The van der Waals surface area contributed by atoms with Gasteiger partial charge in [0.25, 0.3) is 0 Å². The van der Waals surface area contributed by atoms with Crippen molar-refractivity contribution < 1.29 is 29.0 Å². The number of rotatable bonds is 16. The number of aliphatic hydroxyl groups is 1. The number of carbonyl (C=O) groups is 3. The van der Waals surface area contributed by atoms with Crippen LogP contribution < -0.4 is 9.64 Å². The van der Waals surface area contributed by atoms with E-state index in [4.69, 9.17) is 9.47 Å². The second-order valence-electron chi connectivity index (χ2n) is 13.0. The molecule has 3 amide bonds. The highest BCUT2D eigenvalue weighted by Crippen LogP contribution is 2.61. The molecule has 9 nitrogen and oxygen atoms in total. The van der Waals surface area contributed by atoms with Crippen molar-refractivity contribution in [3.8, 4) is 5.75 Å². The first-order chi connectivity index (χ1) is 23.2. The maximum Gasteiger partial charge on any atom is 0.248 e. The van der Waals surface area contributed by atoms with Crippen LogP contribution in [-0.2, 0) is 25.5 Å². The molecule has 3 aliphatic heterocycles.